The molecule has 1 aliphatic carbocycles. The van der Waals surface area contributed by atoms with Gasteiger partial charge in [-0.1, -0.05) is 33.1 Å². The van der Waals surface area contributed by atoms with Gasteiger partial charge in [0, 0.05) is 17.9 Å². The predicted octanol–water partition coefficient (Wildman–Crippen LogP) is 3.26. The van der Waals surface area contributed by atoms with E-state index >= 15 is 0 Å². The summed E-state index contributed by atoms with van der Waals surface area (Å²) < 4.78 is 0. The number of amides is 1. The third-order valence-electron chi connectivity index (χ3n) is 5.90. The highest BCUT2D eigenvalue weighted by Gasteiger charge is 2.48. The number of aliphatic carboxylic acids is 1. The van der Waals surface area contributed by atoms with Gasteiger partial charge in [-0.05, 0) is 44.9 Å². The van der Waals surface area contributed by atoms with Crippen LogP contribution in [0, 0.1) is 17.8 Å². The first-order valence-corrected chi connectivity index (χ1v) is 9.42. The number of hydrogen-bond acceptors (Lipinski definition) is 3. The van der Waals surface area contributed by atoms with Crippen LogP contribution in [0.2, 0.25) is 0 Å². The summed E-state index contributed by atoms with van der Waals surface area (Å²) in [7, 11) is 0. The molecule has 5 nitrogen and oxygen atoms in total. The maximum Gasteiger partial charge on any atom is 0.326 e. The first kappa shape index (κ1) is 18.9. The van der Waals surface area contributed by atoms with Gasteiger partial charge >= 0.3 is 5.97 Å². The second-order valence-electron chi connectivity index (χ2n) is 7.68. The van der Waals surface area contributed by atoms with Gasteiger partial charge in [-0.3, -0.25) is 9.59 Å². The Labute approximate surface area is 144 Å². The fraction of sp³-hybridized carbons (Fsp3) is 0.842. The molecule has 0 radical (unpaired) electrons. The second-order valence-corrected chi connectivity index (χ2v) is 7.68. The summed E-state index contributed by atoms with van der Waals surface area (Å²) in [6.45, 7) is 5.48. The molecule has 0 aromatic heterocycles. The standard InChI is InChI=1S/C19H31NO4/c1-4-7-14(13(3)21)10-12(2)18(22)20-16-9-6-5-8-15(16)11-17(20)19(23)24/h12,14-17H,4-11H2,1-3H3,(H,23,24)/t12-,14-,15+,16+,17+/m1/s1. The molecule has 2 fully saturated rings. The van der Waals surface area contributed by atoms with Gasteiger partial charge in [0.15, 0.2) is 0 Å². The van der Waals surface area contributed by atoms with Crippen molar-refractivity contribution >= 4 is 17.7 Å². The first-order chi connectivity index (χ1) is 11.4. The first-order valence-electron chi connectivity index (χ1n) is 9.42. The number of nitrogens with zero attached hydrogens (tertiary/aromatic N) is 1. The number of ketones is 1. The molecule has 1 heterocycles. The minimum atomic E-state index is -0.887. The average Bonchev–Trinajstić information content (AvgIpc) is 2.93. The highest BCUT2D eigenvalue weighted by atomic mass is 16.4. The normalized spacial score (nSPS) is 29.0. The Morgan fingerprint density at radius 1 is 1.21 bits per heavy atom. The molecule has 1 N–H and O–H groups in total. The lowest BCUT2D eigenvalue weighted by atomic mass is 9.84. The summed E-state index contributed by atoms with van der Waals surface area (Å²) >= 11 is 0. The van der Waals surface area contributed by atoms with Crippen molar-refractivity contribution in [1.29, 1.82) is 0 Å². The van der Waals surface area contributed by atoms with Crippen LogP contribution in [0.3, 0.4) is 0 Å². The molecule has 2 aliphatic rings. The molecule has 5 atom stereocenters. The summed E-state index contributed by atoms with van der Waals surface area (Å²) in [4.78, 5) is 38.2. The summed E-state index contributed by atoms with van der Waals surface area (Å²) in [6, 6.07) is -0.605. The summed E-state index contributed by atoms with van der Waals surface area (Å²) in [6.07, 6.45) is 6.96. The molecule has 1 aliphatic heterocycles. The summed E-state index contributed by atoms with van der Waals surface area (Å²) in [5.41, 5.74) is 0. The minimum Gasteiger partial charge on any atom is -0.480 e. The molecule has 1 saturated heterocycles. The number of carbonyl (C=O) groups excluding carboxylic acids is 2. The lowest BCUT2D eigenvalue weighted by Crippen LogP contribution is -2.48. The molecule has 0 aromatic carbocycles. The van der Waals surface area contributed by atoms with E-state index in [1.54, 1.807) is 11.8 Å². The van der Waals surface area contributed by atoms with Crippen molar-refractivity contribution < 1.29 is 19.5 Å². The van der Waals surface area contributed by atoms with Crippen LogP contribution in [-0.2, 0) is 14.4 Å². The van der Waals surface area contributed by atoms with Gasteiger partial charge in [-0.2, -0.15) is 0 Å². The van der Waals surface area contributed by atoms with Crippen molar-refractivity contribution in [2.45, 2.75) is 84.2 Å². The van der Waals surface area contributed by atoms with E-state index < -0.39 is 12.0 Å². The van der Waals surface area contributed by atoms with Crippen LogP contribution in [0.1, 0.15) is 72.1 Å². The molecular weight excluding hydrogens is 306 g/mol. The van der Waals surface area contributed by atoms with Crippen LogP contribution in [0.25, 0.3) is 0 Å². The summed E-state index contributed by atoms with van der Waals surface area (Å²) in [5.74, 6) is -0.894. The molecular formula is C19H31NO4. The number of Topliss-reactive ketones (excluding diaryl/α,β-unsaturated/α-hetero) is 1. The Morgan fingerprint density at radius 2 is 1.88 bits per heavy atom. The van der Waals surface area contributed by atoms with Gasteiger partial charge in [-0.25, -0.2) is 4.79 Å². The van der Waals surface area contributed by atoms with Crippen LogP contribution in [0.15, 0.2) is 0 Å². The van der Waals surface area contributed by atoms with Crippen LogP contribution in [-0.4, -0.2) is 39.7 Å². The van der Waals surface area contributed by atoms with E-state index in [0.29, 0.717) is 18.8 Å². The largest absolute Gasteiger partial charge is 0.480 e. The highest BCUT2D eigenvalue weighted by molar-refractivity contribution is 5.86. The lowest BCUT2D eigenvalue weighted by Gasteiger charge is -2.35. The van der Waals surface area contributed by atoms with Gasteiger partial charge in [0.05, 0.1) is 0 Å². The molecule has 0 unspecified atom stereocenters. The number of fused-ring (bicyclic) bond motifs is 1. The van der Waals surface area contributed by atoms with E-state index in [-0.39, 0.29) is 29.6 Å². The maximum atomic E-state index is 13.0. The predicted molar refractivity (Wildman–Crippen MR) is 91.5 cm³/mol. The van der Waals surface area contributed by atoms with Gasteiger partial charge < -0.3 is 10.0 Å². The van der Waals surface area contributed by atoms with Gasteiger partial charge in [-0.15, -0.1) is 0 Å². The molecule has 5 heteroatoms. The van der Waals surface area contributed by atoms with Crippen LogP contribution >= 0.6 is 0 Å². The Hall–Kier alpha value is -1.39. The monoisotopic (exact) mass is 337 g/mol. The molecule has 0 bridgehead atoms. The molecule has 136 valence electrons. The SMILES string of the molecule is CCC[C@H](C[C@@H](C)C(=O)N1[C@H](C(=O)O)C[C@@H]2CCCC[C@@H]21)C(C)=O. The zero-order chi connectivity index (χ0) is 17.9. The van der Waals surface area contributed by atoms with Crippen LogP contribution in [0.5, 0.6) is 0 Å². The Balaban J connectivity index is 2.12. The summed E-state index contributed by atoms with van der Waals surface area (Å²) in [5, 5.41) is 9.57. The molecule has 24 heavy (non-hydrogen) atoms. The van der Waals surface area contributed by atoms with E-state index in [9.17, 15) is 19.5 Å². The van der Waals surface area contributed by atoms with Gasteiger partial charge in [0.1, 0.15) is 11.8 Å². The fourth-order valence-electron chi connectivity index (χ4n) is 4.62. The number of carboxylic acid groups (broad SMARTS) is 1. The van der Waals surface area contributed by atoms with Crippen molar-refractivity contribution in [3.8, 4) is 0 Å². The van der Waals surface area contributed by atoms with E-state index in [1.165, 1.54) is 0 Å². The lowest BCUT2D eigenvalue weighted by molar-refractivity contribution is -0.152. The van der Waals surface area contributed by atoms with Crippen molar-refractivity contribution in [3.63, 3.8) is 0 Å². The van der Waals surface area contributed by atoms with Gasteiger partial charge in [0.25, 0.3) is 0 Å². The minimum absolute atomic E-state index is 0.0702. The molecule has 2 rings (SSSR count). The molecule has 0 aromatic rings. The third-order valence-corrected chi connectivity index (χ3v) is 5.90. The molecule has 1 amide bonds. The van der Waals surface area contributed by atoms with E-state index in [0.717, 1.165) is 38.5 Å². The maximum absolute atomic E-state index is 13.0. The van der Waals surface area contributed by atoms with Crippen molar-refractivity contribution in [2.75, 3.05) is 0 Å². The molecule has 1 saturated carbocycles. The quantitative estimate of drug-likeness (QED) is 0.774. The van der Waals surface area contributed by atoms with Crippen LogP contribution < -0.4 is 0 Å². The Kier molecular flexibility index (Phi) is 6.41. The number of rotatable bonds is 7. The van der Waals surface area contributed by atoms with E-state index in [4.69, 9.17) is 0 Å². The van der Waals surface area contributed by atoms with Crippen molar-refractivity contribution in [3.05, 3.63) is 0 Å². The van der Waals surface area contributed by atoms with Crippen molar-refractivity contribution in [1.82, 2.24) is 4.90 Å². The smallest absolute Gasteiger partial charge is 0.326 e. The number of carboxylic acids is 1. The molecule has 0 spiro atoms. The average molecular weight is 337 g/mol. The van der Waals surface area contributed by atoms with Crippen molar-refractivity contribution in [2.24, 2.45) is 17.8 Å². The second kappa shape index (κ2) is 8.13. The number of hydrogen-bond donors (Lipinski definition) is 1. The number of carbonyl (C=O) groups is 3. The third kappa shape index (κ3) is 3.98. The zero-order valence-corrected chi connectivity index (χ0v) is 15.2. The van der Waals surface area contributed by atoms with Crippen LogP contribution in [0.4, 0.5) is 0 Å². The van der Waals surface area contributed by atoms with E-state index in [2.05, 4.69) is 0 Å². The Bertz CT molecular complexity index is 490. The number of likely N-dealkylation sites (tertiary alicyclic amines) is 1. The van der Waals surface area contributed by atoms with Gasteiger partial charge in [0.2, 0.25) is 5.91 Å². The highest BCUT2D eigenvalue weighted by Crippen LogP contribution is 2.41. The topological polar surface area (TPSA) is 74.7 Å². The Morgan fingerprint density at radius 3 is 2.46 bits per heavy atom. The fourth-order valence-corrected chi connectivity index (χ4v) is 4.62. The zero-order valence-electron chi connectivity index (χ0n) is 15.2. The van der Waals surface area contributed by atoms with E-state index in [1.807, 2.05) is 13.8 Å².